The predicted molar refractivity (Wildman–Crippen MR) is 157 cm³/mol. The van der Waals surface area contributed by atoms with E-state index in [9.17, 15) is 9.90 Å². The fourth-order valence-corrected chi connectivity index (χ4v) is 6.35. The minimum atomic E-state index is -1.41. The summed E-state index contributed by atoms with van der Waals surface area (Å²) in [6, 6.07) is 7.55. The molecule has 2 fully saturated rings. The van der Waals surface area contributed by atoms with E-state index in [-0.39, 0.29) is 23.3 Å². The van der Waals surface area contributed by atoms with Gasteiger partial charge in [-0.3, -0.25) is 0 Å². The Labute approximate surface area is 239 Å². The zero-order chi connectivity index (χ0) is 28.6. The van der Waals surface area contributed by atoms with Gasteiger partial charge in [-0.15, -0.1) is 0 Å². The molecule has 10 nitrogen and oxygen atoms in total. The highest BCUT2D eigenvalue weighted by atomic mass is 35.5. The van der Waals surface area contributed by atoms with Gasteiger partial charge in [-0.2, -0.15) is 9.98 Å². The maximum Gasteiger partial charge on any atom is 0.433 e. The first-order chi connectivity index (χ1) is 19.1. The van der Waals surface area contributed by atoms with Crippen molar-refractivity contribution in [3.63, 3.8) is 0 Å². The van der Waals surface area contributed by atoms with Crippen LogP contribution in [0.25, 0.3) is 22.4 Å². The van der Waals surface area contributed by atoms with Crippen molar-refractivity contribution in [3.05, 3.63) is 35.1 Å². The summed E-state index contributed by atoms with van der Waals surface area (Å²) in [4.78, 5) is 31.6. The molecule has 5 rings (SSSR count). The van der Waals surface area contributed by atoms with Crippen LogP contribution in [-0.2, 0) is 11.3 Å². The number of anilines is 1. The Hall–Kier alpha value is -3.24. The number of rotatable bonds is 7. The number of fused-ring (bicyclic) bond motifs is 1. The van der Waals surface area contributed by atoms with E-state index in [4.69, 9.17) is 32.0 Å². The minimum Gasteiger partial charge on any atom is -0.463 e. The first-order valence-electron chi connectivity index (χ1n) is 14.0. The average Bonchev–Trinajstić information content (AvgIpc) is 3.55. The van der Waals surface area contributed by atoms with E-state index in [1.54, 1.807) is 13.2 Å². The van der Waals surface area contributed by atoms with Crippen molar-refractivity contribution in [2.24, 2.45) is 22.6 Å². The van der Waals surface area contributed by atoms with Crippen LogP contribution in [0.3, 0.4) is 0 Å². The van der Waals surface area contributed by atoms with Crippen molar-refractivity contribution in [1.29, 1.82) is 0 Å². The number of aromatic nitrogens is 4. The van der Waals surface area contributed by atoms with E-state index >= 15 is 0 Å². The number of halogens is 1. The van der Waals surface area contributed by atoms with Crippen LogP contribution in [0, 0.1) is 11.8 Å². The fourth-order valence-electron chi connectivity index (χ4n) is 6.16. The molecule has 3 aromatic rings. The molecular weight excluding hydrogens is 530 g/mol. The summed E-state index contributed by atoms with van der Waals surface area (Å²) in [7, 11) is 1.75. The second kappa shape index (κ2) is 11.3. The highest BCUT2D eigenvalue weighted by Gasteiger charge is 2.40. The van der Waals surface area contributed by atoms with Crippen LogP contribution in [0.4, 0.5) is 10.7 Å². The highest BCUT2D eigenvalue weighted by Crippen LogP contribution is 2.39. The number of hydrogen-bond acceptors (Lipinski definition) is 6. The number of aliphatic imine (C=N–C) groups is 1. The van der Waals surface area contributed by atoms with Crippen molar-refractivity contribution < 1.29 is 14.6 Å². The Balaban J connectivity index is 1.75. The summed E-state index contributed by atoms with van der Waals surface area (Å²) in [6.45, 7) is 8.18. The lowest BCUT2D eigenvalue weighted by atomic mass is 9.83. The Morgan fingerprint density at radius 1 is 1.20 bits per heavy atom. The van der Waals surface area contributed by atoms with Gasteiger partial charge in [0.25, 0.3) is 0 Å². The highest BCUT2D eigenvalue weighted by molar-refractivity contribution is 6.30. The quantitative estimate of drug-likeness (QED) is 0.272. The van der Waals surface area contributed by atoms with E-state index in [0.717, 1.165) is 61.7 Å². The van der Waals surface area contributed by atoms with Gasteiger partial charge in [-0.25, -0.2) is 14.8 Å². The second-order valence-electron chi connectivity index (χ2n) is 11.7. The van der Waals surface area contributed by atoms with E-state index in [1.807, 2.05) is 18.2 Å². The number of benzene rings is 1. The zero-order valence-corrected chi connectivity index (χ0v) is 24.4. The number of amidine groups is 1. The number of carboxylic acid groups (broad SMARTS) is 1. The lowest BCUT2D eigenvalue weighted by Crippen LogP contribution is -2.48. The smallest absolute Gasteiger partial charge is 0.433 e. The first kappa shape index (κ1) is 28.3. The Bertz CT molecular complexity index is 1430. The molecule has 0 spiro atoms. The molecule has 0 bridgehead atoms. The lowest BCUT2D eigenvalue weighted by molar-refractivity contribution is 0.00151. The zero-order valence-electron chi connectivity index (χ0n) is 23.6. The molecule has 2 aliphatic rings. The number of hydrogen-bond donors (Lipinski definition) is 2. The molecule has 3 N–H and O–H groups in total. The number of imidazole rings is 1. The largest absolute Gasteiger partial charge is 0.463 e. The number of amides is 1. The third-order valence-electron chi connectivity index (χ3n) is 8.54. The van der Waals surface area contributed by atoms with E-state index < -0.39 is 6.09 Å². The molecule has 3 heterocycles. The predicted octanol–water partition coefficient (Wildman–Crippen LogP) is 5.75. The van der Waals surface area contributed by atoms with Crippen molar-refractivity contribution in [2.75, 3.05) is 18.6 Å². The van der Waals surface area contributed by atoms with Crippen LogP contribution in [0.2, 0.25) is 5.02 Å². The molecule has 1 aromatic carbocycles. The molecule has 1 aliphatic heterocycles. The van der Waals surface area contributed by atoms with Crippen LogP contribution >= 0.6 is 11.6 Å². The molecule has 1 amide bonds. The molecule has 1 saturated heterocycles. The Morgan fingerprint density at radius 3 is 2.62 bits per heavy atom. The summed E-state index contributed by atoms with van der Waals surface area (Å²) in [5.74, 6) is 1.79. The molecule has 11 heteroatoms. The summed E-state index contributed by atoms with van der Waals surface area (Å²) in [5.41, 5.74) is 8.25. The number of nitrogens with zero attached hydrogens (tertiary/aromatic N) is 6. The number of nitrogens with two attached hydrogens (primary N) is 1. The molecule has 0 radical (unpaired) electrons. The van der Waals surface area contributed by atoms with Gasteiger partial charge in [-0.05, 0) is 63.5 Å². The van der Waals surface area contributed by atoms with Gasteiger partial charge in [0.2, 0.25) is 5.95 Å². The van der Waals surface area contributed by atoms with Crippen molar-refractivity contribution >= 4 is 40.6 Å². The van der Waals surface area contributed by atoms with Crippen molar-refractivity contribution in [2.45, 2.75) is 77.5 Å². The van der Waals surface area contributed by atoms with Crippen LogP contribution in [0.15, 0.2) is 29.3 Å². The second-order valence-corrected chi connectivity index (χ2v) is 12.1. The molecule has 1 saturated carbocycles. The van der Waals surface area contributed by atoms with Crippen molar-refractivity contribution in [1.82, 2.24) is 19.5 Å². The fraction of sp³-hybridized carbons (Fsp3) is 0.552. The van der Waals surface area contributed by atoms with Gasteiger partial charge in [0.05, 0.1) is 11.6 Å². The topological polar surface area (TPSA) is 132 Å². The van der Waals surface area contributed by atoms with Crippen LogP contribution < -0.4 is 10.6 Å². The third kappa shape index (κ3) is 5.65. The van der Waals surface area contributed by atoms with Crippen molar-refractivity contribution in [3.8, 4) is 11.3 Å². The normalized spacial score (nSPS) is 22.3. The van der Waals surface area contributed by atoms with E-state index in [1.165, 1.54) is 12.8 Å². The van der Waals surface area contributed by atoms with Gasteiger partial charge >= 0.3 is 6.09 Å². The molecular formula is C29H38ClN7O3. The van der Waals surface area contributed by atoms with Crippen LogP contribution in [0.5, 0.6) is 0 Å². The van der Waals surface area contributed by atoms with E-state index in [0.29, 0.717) is 22.3 Å². The molecule has 2 aromatic heterocycles. The molecule has 214 valence electrons. The summed E-state index contributed by atoms with van der Waals surface area (Å²) >= 11 is 6.41. The maximum atomic E-state index is 11.3. The van der Waals surface area contributed by atoms with Crippen LogP contribution in [-0.4, -0.2) is 61.9 Å². The summed E-state index contributed by atoms with van der Waals surface area (Å²) in [5, 5.41) is 9.79. The molecule has 1 atom stereocenters. The Kier molecular flexibility index (Phi) is 8.01. The molecule has 1 unspecified atom stereocenters. The van der Waals surface area contributed by atoms with E-state index in [2.05, 4.69) is 40.2 Å². The number of methoxy groups -OCH3 is 1. The van der Waals surface area contributed by atoms with Gasteiger partial charge in [0.15, 0.2) is 17.3 Å². The van der Waals surface area contributed by atoms with Gasteiger partial charge in [-0.1, -0.05) is 43.5 Å². The summed E-state index contributed by atoms with van der Waals surface area (Å²) in [6.07, 6.45) is 5.32. The molecule has 1 aliphatic carbocycles. The first-order valence-corrected chi connectivity index (χ1v) is 14.4. The number of ether oxygens (including phenoxy) is 1. The lowest BCUT2D eigenvalue weighted by Gasteiger charge is -2.37. The van der Waals surface area contributed by atoms with Gasteiger partial charge in [0.1, 0.15) is 11.2 Å². The standard InChI is InChI=1S/C29H38ClN7O3/c1-17-10-12-18(13-11-17)16-37-23-22(19-7-5-8-20(30)15-19)32-26(24(31)33-28(38)39)34-25(23)35-27(37)36-14-6-9-21(36)29(2,3)40-4/h5,7-8,15,17-18,21H,6,9-14,16H2,1-4H3,(H2,31,33)(H,38,39). The SMILES string of the molecule is COC(C)(C)C1CCCN1c1nc2nc(C(N)=NC(=O)O)nc(-c3cccc(Cl)c3)c2n1CC1CCC(C)CC1. The third-order valence-corrected chi connectivity index (χ3v) is 8.78. The summed E-state index contributed by atoms with van der Waals surface area (Å²) < 4.78 is 8.20. The Morgan fingerprint density at radius 2 is 1.95 bits per heavy atom. The average molecular weight is 568 g/mol. The monoisotopic (exact) mass is 567 g/mol. The van der Waals surface area contributed by atoms with Gasteiger partial charge < -0.3 is 25.0 Å². The van der Waals surface area contributed by atoms with Gasteiger partial charge in [0, 0.05) is 30.8 Å². The minimum absolute atomic E-state index is 0.0164. The number of carbonyl (C=O) groups is 1. The molecule has 40 heavy (non-hydrogen) atoms. The van der Waals surface area contributed by atoms with Crippen LogP contribution in [0.1, 0.15) is 65.1 Å². The maximum absolute atomic E-state index is 11.3.